The van der Waals surface area contributed by atoms with Crippen molar-refractivity contribution in [3.05, 3.63) is 137 Å². The first-order chi connectivity index (χ1) is 19.7. The minimum atomic E-state index is -0.811. The number of aromatic nitrogens is 1. The fourth-order valence-electron chi connectivity index (χ4n) is 4.58. The molecule has 5 rings (SSSR count). The van der Waals surface area contributed by atoms with Crippen LogP contribution in [-0.4, -0.2) is 21.6 Å². The average molecular weight is 570 g/mol. The summed E-state index contributed by atoms with van der Waals surface area (Å²) < 4.78 is 13.2. The molecule has 1 atom stereocenters. The van der Waals surface area contributed by atoms with E-state index in [9.17, 15) is 19.7 Å². The van der Waals surface area contributed by atoms with E-state index in [4.69, 9.17) is 9.47 Å². The summed E-state index contributed by atoms with van der Waals surface area (Å²) in [4.78, 5) is 43.1. The topological polar surface area (TPSA) is 113 Å². The molecule has 3 aromatic carbocycles. The lowest BCUT2D eigenvalue weighted by Crippen LogP contribution is -2.40. The van der Waals surface area contributed by atoms with Crippen LogP contribution in [0.15, 0.2) is 99.9 Å². The van der Waals surface area contributed by atoms with Gasteiger partial charge in [-0.15, -0.1) is 0 Å². The second kappa shape index (κ2) is 11.7. The van der Waals surface area contributed by atoms with Gasteiger partial charge in [0.15, 0.2) is 4.80 Å². The molecule has 0 radical (unpaired) electrons. The number of carbonyl (C=O) groups is 1. The van der Waals surface area contributed by atoms with E-state index < -0.39 is 22.5 Å². The van der Waals surface area contributed by atoms with Crippen LogP contribution in [0, 0.1) is 10.1 Å². The van der Waals surface area contributed by atoms with Crippen LogP contribution >= 0.6 is 11.3 Å². The number of rotatable bonds is 8. The van der Waals surface area contributed by atoms with Gasteiger partial charge in [0.1, 0.15) is 12.4 Å². The van der Waals surface area contributed by atoms with Gasteiger partial charge in [-0.05, 0) is 56.2 Å². The summed E-state index contributed by atoms with van der Waals surface area (Å²) in [6.07, 6.45) is 1.12. The van der Waals surface area contributed by atoms with Crippen molar-refractivity contribution in [1.29, 1.82) is 0 Å². The minimum Gasteiger partial charge on any atom is -0.489 e. The molecule has 0 fully saturated rings. The molecule has 9 nitrogen and oxygen atoms in total. The zero-order chi connectivity index (χ0) is 29.1. The number of thiazole rings is 1. The Morgan fingerprint density at radius 3 is 2.44 bits per heavy atom. The van der Waals surface area contributed by atoms with Crippen molar-refractivity contribution in [3.63, 3.8) is 0 Å². The third-order valence-corrected chi connectivity index (χ3v) is 7.43. The van der Waals surface area contributed by atoms with Crippen LogP contribution in [0.1, 0.15) is 43.5 Å². The first kappa shape index (κ1) is 27.7. The molecular weight excluding hydrogens is 542 g/mol. The van der Waals surface area contributed by atoms with Gasteiger partial charge in [0.25, 0.3) is 11.2 Å². The Balaban J connectivity index is 1.59. The third kappa shape index (κ3) is 5.87. The van der Waals surface area contributed by atoms with Gasteiger partial charge < -0.3 is 9.47 Å². The number of nitro groups is 1. The van der Waals surface area contributed by atoms with E-state index in [2.05, 4.69) is 4.99 Å². The molecule has 41 heavy (non-hydrogen) atoms. The number of hydrogen-bond acceptors (Lipinski definition) is 8. The molecule has 0 aliphatic carbocycles. The Labute approximate surface area is 239 Å². The van der Waals surface area contributed by atoms with Gasteiger partial charge in [0.05, 0.1) is 38.4 Å². The maximum absolute atomic E-state index is 13.8. The fourth-order valence-corrected chi connectivity index (χ4v) is 5.62. The number of benzene rings is 3. The summed E-state index contributed by atoms with van der Waals surface area (Å²) in [5, 5.41) is 11.6. The molecule has 0 amide bonds. The highest BCUT2D eigenvalue weighted by Gasteiger charge is 2.34. The molecule has 0 N–H and O–H groups in total. The quantitative estimate of drug-likeness (QED) is 0.173. The summed E-state index contributed by atoms with van der Waals surface area (Å²) in [7, 11) is 0. The van der Waals surface area contributed by atoms with Gasteiger partial charge in [0, 0.05) is 6.07 Å². The number of esters is 1. The first-order valence-electron chi connectivity index (χ1n) is 13.0. The number of fused-ring (bicyclic) bond motifs is 1. The zero-order valence-corrected chi connectivity index (χ0v) is 23.5. The van der Waals surface area contributed by atoms with Crippen LogP contribution in [0.3, 0.4) is 0 Å². The lowest BCUT2D eigenvalue weighted by atomic mass is 9.96. The number of ether oxygens (including phenoxy) is 2. The summed E-state index contributed by atoms with van der Waals surface area (Å²) in [6, 6.07) is 22.4. The minimum absolute atomic E-state index is 0.113. The molecular formula is C31H27N3O6S. The van der Waals surface area contributed by atoms with Crippen LogP contribution in [0.5, 0.6) is 5.75 Å². The first-order valence-corrected chi connectivity index (χ1v) is 13.8. The van der Waals surface area contributed by atoms with E-state index in [1.165, 1.54) is 16.7 Å². The Kier molecular flexibility index (Phi) is 7.93. The van der Waals surface area contributed by atoms with Crippen molar-refractivity contribution in [3.8, 4) is 5.75 Å². The Morgan fingerprint density at radius 1 is 1.07 bits per heavy atom. The number of carbonyl (C=O) groups excluding carboxylic acids is 1. The lowest BCUT2D eigenvalue weighted by molar-refractivity contribution is -0.385. The molecule has 0 spiro atoms. The summed E-state index contributed by atoms with van der Waals surface area (Å²) in [6.45, 7) is 5.61. The Hall–Kier alpha value is -4.83. The number of hydrogen-bond donors (Lipinski definition) is 0. The van der Waals surface area contributed by atoms with Gasteiger partial charge in [-0.1, -0.05) is 65.9 Å². The van der Waals surface area contributed by atoms with E-state index in [0.717, 1.165) is 16.9 Å². The van der Waals surface area contributed by atoms with Crippen LogP contribution in [0.2, 0.25) is 0 Å². The van der Waals surface area contributed by atoms with E-state index >= 15 is 0 Å². The monoisotopic (exact) mass is 569 g/mol. The Bertz CT molecular complexity index is 1820. The van der Waals surface area contributed by atoms with Crippen LogP contribution < -0.4 is 19.6 Å². The lowest BCUT2D eigenvalue weighted by Gasteiger charge is -2.25. The number of para-hydroxylation sites is 1. The van der Waals surface area contributed by atoms with Crippen LogP contribution in [0.25, 0.3) is 6.08 Å². The summed E-state index contributed by atoms with van der Waals surface area (Å²) >= 11 is 1.11. The molecule has 1 aliphatic heterocycles. The van der Waals surface area contributed by atoms with Gasteiger partial charge in [-0.3, -0.25) is 19.5 Å². The van der Waals surface area contributed by atoms with Crippen LogP contribution in [0.4, 0.5) is 5.69 Å². The van der Waals surface area contributed by atoms with E-state index in [1.54, 1.807) is 51.1 Å². The molecule has 1 aromatic heterocycles. The number of allylic oxidation sites excluding steroid dienone is 1. The molecule has 0 saturated heterocycles. The molecule has 4 aromatic rings. The highest BCUT2D eigenvalue weighted by molar-refractivity contribution is 7.07. The molecule has 208 valence electrons. The van der Waals surface area contributed by atoms with Gasteiger partial charge in [-0.25, -0.2) is 9.79 Å². The fraction of sp³-hybridized carbons (Fsp3) is 0.194. The highest BCUT2D eigenvalue weighted by atomic mass is 32.1. The van der Waals surface area contributed by atoms with Crippen molar-refractivity contribution in [1.82, 2.24) is 4.57 Å². The van der Waals surface area contributed by atoms with E-state index in [1.807, 2.05) is 42.5 Å². The molecule has 0 bridgehead atoms. The Morgan fingerprint density at radius 2 is 1.76 bits per heavy atom. The van der Waals surface area contributed by atoms with Crippen molar-refractivity contribution in [2.75, 3.05) is 0 Å². The average Bonchev–Trinajstić information content (AvgIpc) is 3.25. The van der Waals surface area contributed by atoms with Crippen molar-refractivity contribution < 1.29 is 19.2 Å². The highest BCUT2D eigenvalue weighted by Crippen LogP contribution is 2.32. The van der Waals surface area contributed by atoms with Crippen LogP contribution in [-0.2, 0) is 16.1 Å². The molecule has 1 unspecified atom stereocenters. The summed E-state index contributed by atoms with van der Waals surface area (Å²) in [5.41, 5.74) is 2.15. The van der Waals surface area contributed by atoms with E-state index in [0.29, 0.717) is 34.0 Å². The predicted octanol–water partition coefficient (Wildman–Crippen LogP) is 4.67. The predicted molar refractivity (Wildman–Crippen MR) is 155 cm³/mol. The van der Waals surface area contributed by atoms with Crippen molar-refractivity contribution in [2.24, 2.45) is 4.99 Å². The van der Waals surface area contributed by atoms with Crippen molar-refractivity contribution in [2.45, 2.75) is 39.5 Å². The number of nitrogens with zero attached hydrogens (tertiary/aromatic N) is 3. The van der Waals surface area contributed by atoms with Gasteiger partial charge in [-0.2, -0.15) is 0 Å². The van der Waals surface area contributed by atoms with Gasteiger partial charge >= 0.3 is 5.97 Å². The smallest absolute Gasteiger partial charge is 0.338 e. The second-order valence-electron chi connectivity index (χ2n) is 9.70. The molecule has 1 aliphatic rings. The SMILES string of the molecule is CC1=C(C(=O)OC(C)C)C(c2ccc(OCc3ccccc3)cc2)n2c(s/c(=C\c3ccccc3[N+](=O)[O-])c2=O)=N1. The maximum atomic E-state index is 13.8. The second-order valence-corrected chi connectivity index (χ2v) is 10.7. The maximum Gasteiger partial charge on any atom is 0.338 e. The van der Waals surface area contributed by atoms with Crippen molar-refractivity contribution >= 4 is 29.1 Å². The van der Waals surface area contributed by atoms with Gasteiger partial charge in [0.2, 0.25) is 0 Å². The third-order valence-electron chi connectivity index (χ3n) is 6.45. The number of nitro benzene ring substituents is 1. The zero-order valence-electron chi connectivity index (χ0n) is 22.6. The largest absolute Gasteiger partial charge is 0.489 e. The molecule has 10 heteroatoms. The molecule has 2 heterocycles. The normalized spacial score (nSPS) is 14.9. The summed E-state index contributed by atoms with van der Waals surface area (Å²) in [5.74, 6) is 0.0667. The molecule has 0 saturated carbocycles. The standard InChI is InChI=1S/C31H27N3O6S/c1-19(2)40-30(36)27-20(3)32-31-33(29(35)26(41-31)17-23-11-7-8-12-25(23)34(37)38)28(27)22-13-15-24(16-14-22)39-18-21-9-5-4-6-10-21/h4-17,19,28H,18H2,1-3H3/b26-17-. The van der Waals surface area contributed by atoms with E-state index in [-0.39, 0.29) is 21.9 Å².